The number of sulfonamides is 1. The van der Waals surface area contributed by atoms with Crippen LogP contribution in [0, 0.1) is 11.3 Å². The van der Waals surface area contributed by atoms with E-state index >= 15 is 0 Å². The molecule has 1 N–H and O–H groups in total. The summed E-state index contributed by atoms with van der Waals surface area (Å²) in [6.07, 6.45) is 0. The van der Waals surface area contributed by atoms with Gasteiger partial charge in [-0.15, -0.1) is 0 Å². The minimum atomic E-state index is -3.51. The van der Waals surface area contributed by atoms with Gasteiger partial charge < -0.3 is 9.73 Å². The molecule has 1 heterocycles. The van der Waals surface area contributed by atoms with Gasteiger partial charge in [0.05, 0.1) is 10.9 Å². The first-order chi connectivity index (χ1) is 13.3. The molecule has 0 unspecified atom stereocenters. The third kappa shape index (κ3) is 3.91. The SMILES string of the molecule is C[C@@H](Nc1oc(-c2ccc(S(=O)(=O)N(C)C)cc2)nc1C#N)c1ccccc1. The number of benzene rings is 2. The van der Waals surface area contributed by atoms with Gasteiger partial charge in [-0.1, -0.05) is 30.3 Å². The normalized spacial score (nSPS) is 12.5. The highest BCUT2D eigenvalue weighted by atomic mass is 32.2. The Morgan fingerprint density at radius 3 is 2.32 bits per heavy atom. The van der Waals surface area contributed by atoms with E-state index in [-0.39, 0.29) is 28.4 Å². The van der Waals surface area contributed by atoms with Crippen LogP contribution in [-0.2, 0) is 10.0 Å². The lowest BCUT2D eigenvalue weighted by molar-refractivity contribution is 0.520. The van der Waals surface area contributed by atoms with Gasteiger partial charge in [-0.05, 0) is 36.8 Å². The van der Waals surface area contributed by atoms with Crippen molar-refractivity contribution >= 4 is 15.9 Å². The average Bonchev–Trinajstić information content (AvgIpc) is 3.11. The molecule has 0 bridgehead atoms. The van der Waals surface area contributed by atoms with Gasteiger partial charge in [0, 0.05) is 19.7 Å². The molecule has 144 valence electrons. The molecule has 1 atom stereocenters. The first kappa shape index (κ1) is 19.6. The van der Waals surface area contributed by atoms with Gasteiger partial charge in [0.15, 0.2) is 0 Å². The van der Waals surface area contributed by atoms with Crippen LogP contribution in [0.1, 0.15) is 24.2 Å². The van der Waals surface area contributed by atoms with Crippen LogP contribution in [0.15, 0.2) is 63.9 Å². The molecule has 0 aliphatic rings. The van der Waals surface area contributed by atoms with Crippen LogP contribution in [0.25, 0.3) is 11.5 Å². The van der Waals surface area contributed by atoms with Gasteiger partial charge in [-0.3, -0.25) is 0 Å². The van der Waals surface area contributed by atoms with Crippen LogP contribution in [0.3, 0.4) is 0 Å². The molecule has 1 aromatic heterocycles. The smallest absolute Gasteiger partial charge is 0.242 e. The van der Waals surface area contributed by atoms with Crippen molar-refractivity contribution in [1.82, 2.24) is 9.29 Å². The van der Waals surface area contributed by atoms with Gasteiger partial charge in [-0.2, -0.15) is 10.2 Å². The maximum atomic E-state index is 12.2. The van der Waals surface area contributed by atoms with Crippen LogP contribution in [0.4, 0.5) is 5.88 Å². The minimum absolute atomic E-state index is 0.0817. The lowest BCUT2D eigenvalue weighted by Gasteiger charge is -2.13. The summed E-state index contributed by atoms with van der Waals surface area (Å²) in [5.41, 5.74) is 1.76. The van der Waals surface area contributed by atoms with Crippen LogP contribution >= 0.6 is 0 Å². The molecule has 7 nitrogen and oxygen atoms in total. The number of nitrogens with zero attached hydrogens (tertiary/aromatic N) is 3. The van der Waals surface area contributed by atoms with Crippen molar-refractivity contribution in [3.63, 3.8) is 0 Å². The van der Waals surface area contributed by atoms with Crippen molar-refractivity contribution < 1.29 is 12.8 Å². The van der Waals surface area contributed by atoms with Gasteiger partial charge >= 0.3 is 0 Å². The number of anilines is 1. The summed E-state index contributed by atoms with van der Waals surface area (Å²) in [6, 6.07) is 17.9. The third-order valence-corrected chi connectivity index (χ3v) is 6.09. The van der Waals surface area contributed by atoms with E-state index in [1.165, 1.54) is 26.2 Å². The Labute approximate surface area is 164 Å². The molecule has 0 aliphatic carbocycles. The fourth-order valence-corrected chi connectivity index (χ4v) is 3.52. The predicted molar refractivity (Wildman–Crippen MR) is 106 cm³/mol. The Bertz CT molecular complexity index is 1100. The van der Waals surface area contributed by atoms with Crippen molar-refractivity contribution in [3.8, 4) is 17.5 Å². The highest BCUT2D eigenvalue weighted by Gasteiger charge is 2.19. The molecule has 3 aromatic rings. The molecular weight excluding hydrogens is 376 g/mol. The van der Waals surface area contributed by atoms with Gasteiger partial charge in [-0.25, -0.2) is 12.7 Å². The lowest BCUT2D eigenvalue weighted by Crippen LogP contribution is -2.22. The zero-order valence-electron chi connectivity index (χ0n) is 15.7. The Hall–Kier alpha value is -3.15. The number of nitrogens with one attached hydrogen (secondary N) is 1. The highest BCUT2D eigenvalue weighted by molar-refractivity contribution is 7.89. The van der Waals surface area contributed by atoms with Crippen LogP contribution in [-0.4, -0.2) is 31.8 Å². The second kappa shape index (κ2) is 7.84. The van der Waals surface area contributed by atoms with E-state index in [0.29, 0.717) is 5.56 Å². The number of hydrogen-bond acceptors (Lipinski definition) is 6. The first-order valence-electron chi connectivity index (χ1n) is 8.58. The molecule has 3 rings (SSSR count). The third-order valence-electron chi connectivity index (χ3n) is 4.26. The number of oxazole rings is 1. The zero-order chi connectivity index (χ0) is 20.3. The highest BCUT2D eigenvalue weighted by Crippen LogP contribution is 2.29. The maximum Gasteiger partial charge on any atom is 0.242 e. The van der Waals surface area contributed by atoms with Crippen molar-refractivity contribution in [2.24, 2.45) is 0 Å². The summed E-state index contributed by atoms with van der Waals surface area (Å²) in [5, 5.41) is 12.5. The molecule has 0 fully saturated rings. The Kier molecular flexibility index (Phi) is 5.49. The zero-order valence-corrected chi connectivity index (χ0v) is 16.6. The summed E-state index contributed by atoms with van der Waals surface area (Å²) >= 11 is 0. The number of hydrogen-bond donors (Lipinski definition) is 1. The Balaban J connectivity index is 1.87. The van der Waals surface area contributed by atoms with E-state index in [9.17, 15) is 13.7 Å². The second-order valence-corrected chi connectivity index (χ2v) is 8.55. The largest absolute Gasteiger partial charge is 0.419 e. The van der Waals surface area contributed by atoms with E-state index in [0.717, 1.165) is 9.87 Å². The maximum absolute atomic E-state index is 12.2. The summed E-state index contributed by atoms with van der Waals surface area (Å²) in [5.74, 6) is 0.520. The van der Waals surface area contributed by atoms with E-state index in [4.69, 9.17) is 4.42 Å². The second-order valence-electron chi connectivity index (χ2n) is 6.40. The monoisotopic (exact) mass is 396 g/mol. The number of aromatic nitrogens is 1. The van der Waals surface area contributed by atoms with Gasteiger partial charge in [0.1, 0.15) is 6.07 Å². The quantitative estimate of drug-likeness (QED) is 0.683. The molecule has 0 spiro atoms. The van der Waals surface area contributed by atoms with E-state index in [1.807, 2.05) is 43.3 Å². The lowest BCUT2D eigenvalue weighted by atomic mass is 10.1. The van der Waals surface area contributed by atoms with Gasteiger partial charge in [0.2, 0.25) is 27.5 Å². The van der Waals surface area contributed by atoms with E-state index in [1.54, 1.807) is 12.1 Å². The predicted octanol–water partition coefficient (Wildman–Crippen LogP) is 3.64. The van der Waals surface area contributed by atoms with Crippen LogP contribution < -0.4 is 5.32 Å². The molecule has 28 heavy (non-hydrogen) atoms. The van der Waals surface area contributed by atoms with Crippen LogP contribution in [0.5, 0.6) is 0 Å². The number of nitriles is 1. The van der Waals surface area contributed by atoms with Crippen molar-refractivity contribution in [2.75, 3.05) is 19.4 Å². The molecule has 0 saturated heterocycles. The molecule has 0 aliphatic heterocycles. The average molecular weight is 396 g/mol. The molecule has 0 radical (unpaired) electrons. The molecule has 0 saturated carbocycles. The molecule has 0 amide bonds. The van der Waals surface area contributed by atoms with Crippen molar-refractivity contribution in [2.45, 2.75) is 17.9 Å². The van der Waals surface area contributed by atoms with E-state index in [2.05, 4.69) is 10.3 Å². The summed E-state index contributed by atoms with van der Waals surface area (Å²) in [4.78, 5) is 4.39. The standard InChI is InChI=1S/C20H20N4O3S/c1-14(15-7-5-4-6-8-15)22-20-18(13-21)23-19(27-20)16-9-11-17(12-10-16)28(25,26)24(2)3/h4-12,14,22H,1-3H3/t14-/m1/s1. The fraction of sp³-hybridized carbons (Fsp3) is 0.200. The van der Waals surface area contributed by atoms with Crippen molar-refractivity contribution in [3.05, 3.63) is 65.9 Å². The van der Waals surface area contributed by atoms with E-state index < -0.39 is 10.0 Å². The summed E-state index contributed by atoms with van der Waals surface area (Å²) in [6.45, 7) is 1.96. The molecule has 8 heteroatoms. The molecule has 2 aromatic carbocycles. The summed E-state index contributed by atoms with van der Waals surface area (Å²) in [7, 11) is -0.563. The fourth-order valence-electron chi connectivity index (χ4n) is 2.62. The Morgan fingerprint density at radius 2 is 1.75 bits per heavy atom. The first-order valence-corrected chi connectivity index (χ1v) is 10.0. The molecular formula is C20H20N4O3S. The van der Waals surface area contributed by atoms with Crippen LogP contribution in [0.2, 0.25) is 0 Å². The Morgan fingerprint density at radius 1 is 1.11 bits per heavy atom. The minimum Gasteiger partial charge on any atom is -0.419 e. The topological polar surface area (TPSA) is 99.2 Å². The number of rotatable bonds is 6. The van der Waals surface area contributed by atoms with Gasteiger partial charge in [0.25, 0.3) is 0 Å². The summed E-state index contributed by atoms with van der Waals surface area (Å²) < 4.78 is 31.2. The van der Waals surface area contributed by atoms with Crippen molar-refractivity contribution in [1.29, 1.82) is 5.26 Å².